The van der Waals surface area contributed by atoms with Crippen LogP contribution in [0.4, 0.5) is 11.6 Å². The standard InChI is InChI=1S/C29H25N5O/c1-18-9-11-23(12-10-18)31-29-32-25-13-14-34(4)26(25)28(33-29)35-27-19(2)15-22(16-20(27)3)24-8-6-5-7-21(24)17-30/h5-16H,1-4H3,(H,31,32,33). The van der Waals surface area contributed by atoms with Gasteiger partial charge in [0.1, 0.15) is 11.3 Å². The van der Waals surface area contributed by atoms with Crippen molar-refractivity contribution >= 4 is 22.7 Å². The van der Waals surface area contributed by atoms with Crippen LogP contribution in [0.2, 0.25) is 0 Å². The Hall–Kier alpha value is -4.63. The molecule has 0 unspecified atom stereocenters. The minimum atomic E-state index is 0.470. The third kappa shape index (κ3) is 4.32. The summed E-state index contributed by atoms with van der Waals surface area (Å²) in [5.74, 6) is 1.69. The molecule has 172 valence electrons. The second-order valence-corrected chi connectivity index (χ2v) is 8.70. The lowest BCUT2D eigenvalue weighted by molar-refractivity contribution is 0.459. The van der Waals surface area contributed by atoms with E-state index in [-0.39, 0.29) is 0 Å². The van der Waals surface area contributed by atoms with E-state index in [0.29, 0.717) is 17.4 Å². The summed E-state index contributed by atoms with van der Waals surface area (Å²) in [7, 11) is 1.95. The first-order valence-electron chi connectivity index (χ1n) is 11.4. The summed E-state index contributed by atoms with van der Waals surface area (Å²) < 4.78 is 8.42. The fourth-order valence-electron chi connectivity index (χ4n) is 4.24. The Bertz CT molecular complexity index is 1570. The maximum Gasteiger partial charge on any atom is 0.249 e. The van der Waals surface area contributed by atoms with Crippen LogP contribution in [0.5, 0.6) is 11.6 Å². The first kappa shape index (κ1) is 22.2. The number of hydrogen-bond donors (Lipinski definition) is 1. The van der Waals surface area contributed by atoms with E-state index in [0.717, 1.165) is 44.7 Å². The summed E-state index contributed by atoms with van der Waals surface area (Å²) in [5, 5.41) is 12.8. The molecule has 0 radical (unpaired) electrons. The maximum atomic E-state index is 9.52. The Morgan fingerprint density at radius 3 is 2.34 bits per heavy atom. The normalized spacial score (nSPS) is 10.8. The number of aryl methyl sites for hydroxylation is 4. The number of anilines is 2. The van der Waals surface area contributed by atoms with Crippen LogP contribution in [0.25, 0.3) is 22.2 Å². The lowest BCUT2D eigenvalue weighted by atomic mass is 9.96. The van der Waals surface area contributed by atoms with Gasteiger partial charge < -0.3 is 14.6 Å². The number of nitriles is 1. The van der Waals surface area contributed by atoms with Crippen LogP contribution in [-0.2, 0) is 7.05 Å². The number of ether oxygens (including phenoxy) is 1. The topological polar surface area (TPSA) is 75.8 Å². The molecule has 2 aromatic heterocycles. The summed E-state index contributed by atoms with van der Waals surface area (Å²) in [5.41, 5.74) is 8.16. The highest BCUT2D eigenvalue weighted by molar-refractivity contribution is 5.83. The van der Waals surface area contributed by atoms with Crippen molar-refractivity contribution in [2.45, 2.75) is 20.8 Å². The van der Waals surface area contributed by atoms with Crippen molar-refractivity contribution in [3.05, 3.63) is 95.2 Å². The quantitative estimate of drug-likeness (QED) is 0.307. The summed E-state index contributed by atoms with van der Waals surface area (Å²) in [6, 6.07) is 24.0. The van der Waals surface area contributed by atoms with Gasteiger partial charge in [0.15, 0.2) is 0 Å². The molecule has 3 aromatic carbocycles. The van der Waals surface area contributed by atoms with Crippen molar-refractivity contribution in [3.8, 4) is 28.8 Å². The third-order valence-electron chi connectivity index (χ3n) is 6.01. The van der Waals surface area contributed by atoms with Crippen LogP contribution < -0.4 is 10.1 Å². The zero-order valence-electron chi connectivity index (χ0n) is 20.1. The van der Waals surface area contributed by atoms with Crippen molar-refractivity contribution in [2.75, 3.05) is 5.32 Å². The number of benzene rings is 3. The van der Waals surface area contributed by atoms with Crippen molar-refractivity contribution < 1.29 is 4.74 Å². The van der Waals surface area contributed by atoms with Crippen LogP contribution in [-0.4, -0.2) is 14.5 Å². The highest BCUT2D eigenvalue weighted by Gasteiger charge is 2.17. The minimum absolute atomic E-state index is 0.470. The summed E-state index contributed by atoms with van der Waals surface area (Å²) >= 11 is 0. The SMILES string of the molecule is Cc1ccc(Nc2nc(Oc3c(C)cc(-c4ccccc4C#N)cc3C)c3c(ccn3C)n2)cc1. The van der Waals surface area contributed by atoms with E-state index in [2.05, 4.69) is 23.3 Å². The predicted octanol–water partition coefficient (Wildman–Crippen LogP) is 6.97. The first-order valence-corrected chi connectivity index (χ1v) is 11.4. The highest BCUT2D eigenvalue weighted by atomic mass is 16.5. The van der Waals surface area contributed by atoms with E-state index in [1.54, 1.807) is 0 Å². The van der Waals surface area contributed by atoms with Gasteiger partial charge >= 0.3 is 0 Å². The van der Waals surface area contributed by atoms with E-state index in [4.69, 9.17) is 9.72 Å². The monoisotopic (exact) mass is 459 g/mol. The number of rotatable bonds is 5. The van der Waals surface area contributed by atoms with Gasteiger partial charge in [-0.15, -0.1) is 0 Å². The number of nitrogens with one attached hydrogen (secondary N) is 1. The van der Waals surface area contributed by atoms with Crippen molar-refractivity contribution in [2.24, 2.45) is 7.05 Å². The second-order valence-electron chi connectivity index (χ2n) is 8.70. The average molecular weight is 460 g/mol. The molecule has 0 atom stereocenters. The molecule has 0 spiro atoms. The third-order valence-corrected chi connectivity index (χ3v) is 6.01. The second kappa shape index (κ2) is 8.96. The van der Waals surface area contributed by atoms with E-state index in [1.165, 1.54) is 5.56 Å². The van der Waals surface area contributed by atoms with Crippen LogP contribution in [0.3, 0.4) is 0 Å². The lowest BCUT2D eigenvalue weighted by Gasteiger charge is -2.16. The molecule has 0 saturated heterocycles. The van der Waals surface area contributed by atoms with E-state index < -0.39 is 0 Å². The van der Waals surface area contributed by atoms with Crippen molar-refractivity contribution in [1.29, 1.82) is 5.26 Å². The maximum absolute atomic E-state index is 9.52. The van der Waals surface area contributed by atoms with Gasteiger partial charge in [-0.1, -0.05) is 35.9 Å². The molecular formula is C29H25N5O. The fourth-order valence-corrected chi connectivity index (χ4v) is 4.24. The molecule has 0 aliphatic heterocycles. The lowest BCUT2D eigenvalue weighted by Crippen LogP contribution is -2.02. The average Bonchev–Trinajstić information content (AvgIpc) is 3.23. The Balaban J connectivity index is 1.55. The van der Waals surface area contributed by atoms with Crippen molar-refractivity contribution in [3.63, 3.8) is 0 Å². The first-order chi connectivity index (χ1) is 16.9. The van der Waals surface area contributed by atoms with Crippen LogP contribution >= 0.6 is 0 Å². The van der Waals surface area contributed by atoms with Gasteiger partial charge in [0, 0.05) is 18.9 Å². The van der Waals surface area contributed by atoms with Gasteiger partial charge in [0.05, 0.1) is 17.1 Å². The molecule has 35 heavy (non-hydrogen) atoms. The van der Waals surface area contributed by atoms with Gasteiger partial charge in [-0.05, 0) is 79.4 Å². The van der Waals surface area contributed by atoms with Gasteiger partial charge in [0.25, 0.3) is 0 Å². The molecule has 0 fully saturated rings. The van der Waals surface area contributed by atoms with Gasteiger partial charge in [-0.2, -0.15) is 10.2 Å². The molecule has 6 heteroatoms. The Morgan fingerprint density at radius 1 is 0.914 bits per heavy atom. The van der Waals surface area contributed by atoms with Crippen LogP contribution in [0.15, 0.2) is 72.9 Å². The molecule has 0 aliphatic carbocycles. The largest absolute Gasteiger partial charge is 0.436 e. The number of hydrogen-bond acceptors (Lipinski definition) is 5. The molecule has 5 aromatic rings. The highest BCUT2D eigenvalue weighted by Crippen LogP contribution is 2.36. The summed E-state index contributed by atoms with van der Waals surface area (Å²) in [6.45, 7) is 6.07. The molecule has 0 bridgehead atoms. The Labute approximate surface area is 204 Å². The van der Waals surface area contributed by atoms with Crippen LogP contribution in [0, 0.1) is 32.1 Å². The molecule has 0 aliphatic rings. The van der Waals surface area contributed by atoms with E-state index in [1.807, 2.05) is 98.4 Å². The zero-order chi connectivity index (χ0) is 24.5. The van der Waals surface area contributed by atoms with E-state index >= 15 is 0 Å². The molecule has 0 amide bonds. The van der Waals surface area contributed by atoms with Crippen molar-refractivity contribution in [1.82, 2.24) is 14.5 Å². The number of nitrogens with zero attached hydrogens (tertiary/aromatic N) is 4. The smallest absolute Gasteiger partial charge is 0.249 e. The zero-order valence-corrected chi connectivity index (χ0v) is 20.1. The Morgan fingerprint density at radius 2 is 1.63 bits per heavy atom. The molecule has 5 rings (SSSR count). The number of aromatic nitrogens is 3. The fraction of sp³-hybridized carbons (Fsp3) is 0.138. The van der Waals surface area contributed by atoms with Crippen LogP contribution in [0.1, 0.15) is 22.3 Å². The van der Waals surface area contributed by atoms with Gasteiger partial charge in [0.2, 0.25) is 11.8 Å². The minimum Gasteiger partial charge on any atom is -0.436 e. The summed E-state index contributed by atoms with van der Waals surface area (Å²) in [4.78, 5) is 9.41. The predicted molar refractivity (Wildman–Crippen MR) is 139 cm³/mol. The summed E-state index contributed by atoms with van der Waals surface area (Å²) in [6.07, 6.45) is 1.95. The molecule has 6 nitrogen and oxygen atoms in total. The Kier molecular flexibility index (Phi) is 5.68. The van der Waals surface area contributed by atoms with Gasteiger partial charge in [-0.3, -0.25) is 0 Å². The number of fused-ring (bicyclic) bond motifs is 1. The molecular weight excluding hydrogens is 434 g/mol. The molecule has 0 saturated carbocycles. The van der Waals surface area contributed by atoms with E-state index in [9.17, 15) is 5.26 Å². The van der Waals surface area contributed by atoms with Gasteiger partial charge in [-0.25, -0.2) is 4.98 Å². The molecule has 2 heterocycles. The molecule has 1 N–H and O–H groups in total.